The van der Waals surface area contributed by atoms with Crippen LogP contribution in [-0.4, -0.2) is 24.2 Å². The van der Waals surface area contributed by atoms with Gasteiger partial charge < -0.3 is 16.2 Å². The van der Waals surface area contributed by atoms with E-state index in [9.17, 15) is 4.79 Å². The molecule has 0 unspecified atom stereocenters. The van der Waals surface area contributed by atoms with Gasteiger partial charge in [-0.1, -0.05) is 15.9 Å². The monoisotopic (exact) mass is 300 g/mol. The molecular weight excluding hydrogens is 284 g/mol. The SMILES string of the molecule is Cc1c(N)cc(Br)cc1C(=O)NCCCCO. The number of anilines is 1. The Bertz CT molecular complexity index is 408. The zero-order chi connectivity index (χ0) is 12.8. The van der Waals surface area contributed by atoms with Gasteiger partial charge in [-0.2, -0.15) is 0 Å². The number of unbranched alkanes of at least 4 members (excludes halogenated alkanes) is 1. The summed E-state index contributed by atoms with van der Waals surface area (Å²) in [6, 6.07) is 3.53. The van der Waals surface area contributed by atoms with Crippen molar-refractivity contribution in [3.63, 3.8) is 0 Å². The van der Waals surface area contributed by atoms with Crippen molar-refractivity contribution in [1.82, 2.24) is 5.32 Å². The molecule has 0 aromatic heterocycles. The van der Waals surface area contributed by atoms with E-state index in [0.29, 0.717) is 24.2 Å². The molecular formula is C12H17BrN2O2. The minimum Gasteiger partial charge on any atom is -0.398 e. The highest BCUT2D eigenvalue weighted by Crippen LogP contribution is 2.22. The Kier molecular flexibility index (Phi) is 5.44. The molecule has 1 aromatic rings. The summed E-state index contributed by atoms with van der Waals surface area (Å²) in [4.78, 5) is 11.9. The molecule has 0 fully saturated rings. The second kappa shape index (κ2) is 6.61. The number of nitrogen functional groups attached to an aromatic ring is 1. The van der Waals surface area contributed by atoms with Crippen LogP contribution in [-0.2, 0) is 0 Å². The molecule has 5 heteroatoms. The number of carbonyl (C=O) groups is 1. The van der Waals surface area contributed by atoms with Crippen molar-refractivity contribution >= 4 is 27.5 Å². The van der Waals surface area contributed by atoms with Gasteiger partial charge in [0.2, 0.25) is 0 Å². The molecule has 4 nitrogen and oxygen atoms in total. The molecule has 0 aliphatic carbocycles. The molecule has 0 heterocycles. The highest BCUT2D eigenvalue weighted by molar-refractivity contribution is 9.10. The second-order valence-corrected chi connectivity index (χ2v) is 4.77. The van der Waals surface area contributed by atoms with E-state index in [1.54, 1.807) is 12.1 Å². The minimum atomic E-state index is -0.131. The third kappa shape index (κ3) is 4.02. The van der Waals surface area contributed by atoms with Gasteiger partial charge in [0.1, 0.15) is 0 Å². The van der Waals surface area contributed by atoms with Crippen molar-refractivity contribution in [2.75, 3.05) is 18.9 Å². The first-order chi connectivity index (χ1) is 8.06. The van der Waals surface area contributed by atoms with E-state index < -0.39 is 0 Å². The van der Waals surface area contributed by atoms with E-state index >= 15 is 0 Å². The lowest BCUT2D eigenvalue weighted by molar-refractivity contribution is 0.0951. The molecule has 4 N–H and O–H groups in total. The van der Waals surface area contributed by atoms with Crippen LogP contribution in [0.5, 0.6) is 0 Å². The third-order valence-electron chi connectivity index (χ3n) is 2.53. The van der Waals surface area contributed by atoms with Gasteiger partial charge >= 0.3 is 0 Å². The zero-order valence-corrected chi connectivity index (χ0v) is 11.4. The van der Waals surface area contributed by atoms with Crippen LogP contribution in [0.4, 0.5) is 5.69 Å². The maximum Gasteiger partial charge on any atom is 0.251 e. The molecule has 0 spiro atoms. The van der Waals surface area contributed by atoms with Gasteiger partial charge in [-0.05, 0) is 37.5 Å². The number of amides is 1. The number of nitrogens with two attached hydrogens (primary N) is 1. The number of halogens is 1. The summed E-state index contributed by atoms with van der Waals surface area (Å²) < 4.78 is 0.793. The van der Waals surface area contributed by atoms with Crippen LogP contribution >= 0.6 is 15.9 Å². The average Bonchev–Trinajstić information content (AvgIpc) is 2.29. The predicted octanol–water partition coefficient (Wildman–Crippen LogP) is 1.84. The van der Waals surface area contributed by atoms with E-state index in [1.165, 1.54) is 0 Å². The van der Waals surface area contributed by atoms with Crippen LogP contribution in [0, 0.1) is 6.92 Å². The molecule has 0 saturated carbocycles. The molecule has 0 aliphatic rings. The smallest absolute Gasteiger partial charge is 0.251 e. The number of hydrogen-bond donors (Lipinski definition) is 3. The Labute approximate surface area is 109 Å². The Morgan fingerprint density at radius 1 is 1.47 bits per heavy atom. The van der Waals surface area contributed by atoms with E-state index in [0.717, 1.165) is 16.5 Å². The summed E-state index contributed by atoms with van der Waals surface area (Å²) in [7, 11) is 0. The summed E-state index contributed by atoms with van der Waals surface area (Å²) in [5.41, 5.74) is 7.76. The summed E-state index contributed by atoms with van der Waals surface area (Å²) in [5.74, 6) is -0.131. The van der Waals surface area contributed by atoms with E-state index in [2.05, 4.69) is 21.2 Å². The van der Waals surface area contributed by atoms with Crippen molar-refractivity contribution in [2.24, 2.45) is 0 Å². The van der Waals surface area contributed by atoms with Crippen LogP contribution in [0.3, 0.4) is 0 Å². The number of aliphatic hydroxyl groups is 1. The number of carbonyl (C=O) groups excluding carboxylic acids is 1. The summed E-state index contributed by atoms with van der Waals surface area (Å²) in [5, 5.41) is 11.4. The molecule has 0 bridgehead atoms. The van der Waals surface area contributed by atoms with Gasteiger partial charge in [0, 0.05) is 28.9 Å². The van der Waals surface area contributed by atoms with Crippen LogP contribution < -0.4 is 11.1 Å². The summed E-state index contributed by atoms with van der Waals surface area (Å²) in [6.07, 6.45) is 1.46. The molecule has 1 rings (SSSR count). The lowest BCUT2D eigenvalue weighted by atomic mass is 10.1. The molecule has 0 saturated heterocycles. The maximum absolute atomic E-state index is 11.9. The number of rotatable bonds is 5. The highest BCUT2D eigenvalue weighted by Gasteiger charge is 2.11. The molecule has 0 aliphatic heterocycles. The van der Waals surface area contributed by atoms with Crippen molar-refractivity contribution in [3.8, 4) is 0 Å². The molecule has 1 aromatic carbocycles. The van der Waals surface area contributed by atoms with Gasteiger partial charge in [-0.15, -0.1) is 0 Å². The van der Waals surface area contributed by atoms with Crippen molar-refractivity contribution in [1.29, 1.82) is 0 Å². The summed E-state index contributed by atoms with van der Waals surface area (Å²) in [6.45, 7) is 2.54. The van der Waals surface area contributed by atoms with Crippen molar-refractivity contribution in [2.45, 2.75) is 19.8 Å². The number of aliphatic hydroxyl groups excluding tert-OH is 1. The molecule has 17 heavy (non-hydrogen) atoms. The standard InChI is InChI=1S/C12H17BrN2O2/c1-8-10(6-9(13)7-11(8)14)12(17)15-4-2-3-5-16/h6-7,16H,2-5,14H2,1H3,(H,15,17). The first-order valence-electron chi connectivity index (χ1n) is 5.51. The normalized spacial score (nSPS) is 10.3. The molecule has 0 radical (unpaired) electrons. The maximum atomic E-state index is 11.9. The number of nitrogens with one attached hydrogen (secondary N) is 1. The highest BCUT2D eigenvalue weighted by atomic mass is 79.9. The van der Waals surface area contributed by atoms with Gasteiger partial charge in [0.15, 0.2) is 0 Å². The van der Waals surface area contributed by atoms with Crippen LogP contribution in [0.2, 0.25) is 0 Å². The molecule has 0 atom stereocenters. The van der Waals surface area contributed by atoms with Crippen LogP contribution in [0.1, 0.15) is 28.8 Å². The minimum absolute atomic E-state index is 0.131. The first kappa shape index (κ1) is 14.0. The van der Waals surface area contributed by atoms with E-state index in [4.69, 9.17) is 10.8 Å². The third-order valence-corrected chi connectivity index (χ3v) is 2.99. The second-order valence-electron chi connectivity index (χ2n) is 3.85. The fourth-order valence-electron chi connectivity index (χ4n) is 1.47. The van der Waals surface area contributed by atoms with Gasteiger partial charge in [0.25, 0.3) is 5.91 Å². The van der Waals surface area contributed by atoms with Crippen molar-refractivity contribution < 1.29 is 9.90 Å². The Morgan fingerprint density at radius 2 is 2.18 bits per heavy atom. The largest absolute Gasteiger partial charge is 0.398 e. The Hall–Kier alpha value is -1.07. The van der Waals surface area contributed by atoms with Gasteiger partial charge in [-0.25, -0.2) is 0 Å². The first-order valence-corrected chi connectivity index (χ1v) is 6.30. The molecule has 94 valence electrons. The molecule has 1 amide bonds. The fraction of sp³-hybridized carbons (Fsp3) is 0.417. The fourth-order valence-corrected chi connectivity index (χ4v) is 1.95. The van der Waals surface area contributed by atoms with E-state index in [1.807, 2.05) is 6.92 Å². The quantitative estimate of drug-likeness (QED) is 0.574. The predicted molar refractivity (Wildman–Crippen MR) is 71.9 cm³/mol. The zero-order valence-electron chi connectivity index (χ0n) is 9.79. The van der Waals surface area contributed by atoms with Crippen LogP contribution in [0.25, 0.3) is 0 Å². The van der Waals surface area contributed by atoms with Crippen LogP contribution in [0.15, 0.2) is 16.6 Å². The summed E-state index contributed by atoms with van der Waals surface area (Å²) >= 11 is 3.32. The average molecular weight is 301 g/mol. The number of hydrogen-bond acceptors (Lipinski definition) is 3. The Morgan fingerprint density at radius 3 is 2.82 bits per heavy atom. The number of benzene rings is 1. The van der Waals surface area contributed by atoms with Gasteiger partial charge in [-0.3, -0.25) is 4.79 Å². The van der Waals surface area contributed by atoms with Crippen molar-refractivity contribution in [3.05, 3.63) is 27.7 Å². The lowest BCUT2D eigenvalue weighted by Gasteiger charge is -2.10. The topological polar surface area (TPSA) is 75.4 Å². The Balaban J connectivity index is 2.69. The lowest BCUT2D eigenvalue weighted by Crippen LogP contribution is -2.25. The van der Waals surface area contributed by atoms with Gasteiger partial charge in [0.05, 0.1) is 0 Å². The van der Waals surface area contributed by atoms with E-state index in [-0.39, 0.29) is 12.5 Å².